The predicted octanol–water partition coefficient (Wildman–Crippen LogP) is 1.87. The van der Waals surface area contributed by atoms with E-state index in [1.54, 1.807) is 6.08 Å². The maximum absolute atomic E-state index is 10.2. The molecule has 0 atom stereocenters. The van der Waals surface area contributed by atoms with Gasteiger partial charge in [0.2, 0.25) is 11.5 Å². The van der Waals surface area contributed by atoms with Crippen LogP contribution in [-0.2, 0) is 0 Å². The summed E-state index contributed by atoms with van der Waals surface area (Å²) >= 11 is 0. The number of aromatic carboxylic acids is 2. The monoisotopic (exact) mass is 198 g/mol. The Hall–Kier alpha value is -2.04. The fourth-order valence-electron chi connectivity index (χ4n) is 0.568. The fraction of sp³-hybridized carbons (Fsp3) is 0.111. The minimum absolute atomic E-state index is 0.373. The third-order valence-corrected chi connectivity index (χ3v) is 1.03. The molecule has 0 aromatic carbocycles. The van der Waals surface area contributed by atoms with Crippen LogP contribution in [0.25, 0.3) is 0 Å². The van der Waals surface area contributed by atoms with Crippen LogP contribution in [0.2, 0.25) is 0 Å². The van der Waals surface area contributed by atoms with Crippen molar-refractivity contribution in [2.75, 3.05) is 0 Å². The van der Waals surface area contributed by atoms with E-state index in [1.165, 1.54) is 0 Å². The van der Waals surface area contributed by atoms with E-state index >= 15 is 0 Å². The lowest BCUT2D eigenvalue weighted by atomic mass is 10.4. The molecule has 0 saturated carbocycles. The van der Waals surface area contributed by atoms with Gasteiger partial charge in [0.05, 0.1) is 0 Å². The Bertz CT molecular complexity index is 308. The number of carbonyl (C=O) groups is 2. The van der Waals surface area contributed by atoms with Crippen molar-refractivity contribution >= 4 is 11.9 Å². The molecule has 0 radical (unpaired) electrons. The molecule has 5 heteroatoms. The summed E-state index contributed by atoms with van der Waals surface area (Å²) in [6.07, 6.45) is 1.75. The van der Waals surface area contributed by atoms with Crippen LogP contribution in [0.5, 0.6) is 0 Å². The Balaban J connectivity index is 0.000000500. The van der Waals surface area contributed by atoms with E-state index in [-0.39, 0.29) is 11.5 Å². The second-order valence-electron chi connectivity index (χ2n) is 2.18. The number of rotatable bonds is 2. The predicted molar refractivity (Wildman–Crippen MR) is 48.5 cm³/mol. The van der Waals surface area contributed by atoms with Crippen LogP contribution in [0.4, 0.5) is 0 Å². The van der Waals surface area contributed by atoms with Crippen molar-refractivity contribution in [3.05, 3.63) is 36.3 Å². The zero-order valence-corrected chi connectivity index (χ0v) is 7.56. The molecule has 0 aliphatic carbocycles. The first-order valence-electron chi connectivity index (χ1n) is 3.66. The van der Waals surface area contributed by atoms with Gasteiger partial charge in [-0.3, -0.25) is 0 Å². The van der Waals surface area contributed by atoms with Crippen molar-refractivity contribution in [3.8, 4) is 0 Å². The van der Waals surface area contributed by atoms with Crippen molar-refractivity contribution in [2.45, 2.75) is 6.92 Å². The van der Waals surface area contributed by atoms with Crippen LogP contribution in [0.3, 0.4) is 0 Å². The summed E-state index contributed by atoms with van der Waals surface area (Å²) in [5.41, 5.74) is 0. The van der Waals surface area contributed by atoms with Gasteiger partial charge in [0.1, 0.15) is 0 Å². The van der Waals surface area contributed by atoms with E-state index < -0.39 is 11.9 Å². The van der Waals surface area contributed by atoms with Crippen molar-refractivity contribution in [1.82, 2.24) is 0 Å². The first-order valence-corrected chi connectivity index (χ1v) is 3.66. The third kappa shape index (κ3) is 3.57. The van der Waals surface area contributed by atoms with Gasteiger partial charge < -0.3 is 14.6 Å². The van der Waals surface area contributed by atoms with Gasteiger partial charge >= 0.3 is 11.9 Å². The van der Waals surface area contributed by atoms with Crippen LogP contribution in [0.15, 0.2) is 29.2 Å². The quantitative estimate of drug-likeness (QED) is 0.708. The summed E-state index contributed by atoms with van der Waals surface area (Å²) in [6.45, 7) is 5.25. The molecule has 1 aromatic heterocycles. The lowest BCUT2D eigenvalue weighted by Gasteiger charge is -1.84. The molecular weight excluding hydrogens is 188 g/mol. The van der Waals surface area contributed by atoms with Gasteiger partial charge in [0.15, 0.2) is 0 Å². The van der Waals surface area contributed by atoms with Gasteiger partial charge in [-0.05, 0) is 19.1 Å². The molecule has 5 nitrogen and oxygen atoms in total. The minimum atomic E-state index is -1.28. The van der Waals surface area contributed by atoms with Gasteiger partial charge in [0, 0.05) is 0 Å². The molecule has 0 unspecified atom stereocenters. The number of furan rings is 1. The van der Waals surface area contributed by atoms with Crippen molar-refractivity contribution in [1.29, 1.82) is 0 Å². The highest BCUT2D eigenvalue weighted by atomic mass is 16.4. The molecule has 2 N–H and O–H groups in total. The standard InChI is InChI=1S/C6H4O5.C3H6/c7-5(8)3-1-2-4(11-3)6(9)10;1-3-2/h1-2H,(H,7,8)(H,9,10);3H,1H2,2H3. The topological polar surface area (TPSA) is 87.7 Å². The summed E-state index contributed by atoms with van der Waals surface area (Å²) < 4.78 is 4.41. The lowest BCUT2D eigenvalue weighted by molar-refractivity contribution is 0.0632. The largest absolute Gasteiger partial charge is 0.475 e. The molecule has 0 spiro atoms. The summed E-state index contributed by atoms with van der Waals surface area (Å²) in [5, 5.41) is 16.6. The van der Waals surface area contributed by atoms with Gasteiger partial charge in [0.25, 0.3) is 0 Å². The fourth-order valence-corrected chi connectivity index (χ4v) is 0.568. The van der Waals surface area contributed by atoms with E-state index in [1.807, 2.05) is 6.92 Å². The van der Waals surface area contributed by atoms with E-state index in [2.05, 4.69) is 11.0 Å². The van der Waals surface area contributed by atoms with Gasteiger partial charge in [-0.15, -0.1) is 6.58 Å². The second-order valence-corrected chi connectivity index (χ2v) is 2.18. The highest BCUT2D eigenvalue weighted by molar-refractivity contribution is 5.88. The van der Waals surface area contributed by atoms with Gasteiger partial charge in [-0.25, -0.2) is 9.59 Å². The molecule has 0 saturated heterocycles. The summed E-state index contributed by atoms with van der Waals surface area (Å²) in [4.78, 5) is 20.3. The highest BCUT2D eigenvalue weighted by Crippen LogP contribution is 2.06. The van der Waals surface area contributed by atoms with Crippen molar-refractivity contribution in [3.63, 3.8) is 0 Å². The highest BCUT2D eigenvalue weighted by Gasteiger charge is 2.12. The van der Waals surface area contributed by atoms with Crippen molar-refractivity contribution < 1.29 is 24.2 Å². The summed E-state index contributed by atoms with van der Waals surface area (Å²) in [6, 6.07) is 2.18. The second kappa shape index (κ2) is 5.58. The number of carboxylic acid groups (broad SMARTS) is 2. The Morgan fingerprint density at radius 1 is 1.29 bits per heavy atom. The van der Waals surface area contributed by atoms with Crippen LogP contribution in [0, 0.1) is 0 Å². The van der Waals surface area contributed by atoms with Crippen molar-refractivity contribution in [2.24, 2.45) is 0 Å². The zero-order chi connectivity index (χ0) is 11.1. The Morgan fingerprint density at radius 3 is 1.71 bits per heavy atom. The zero-order valence-electron chi connectivity index (χ0n) is 7.56. The molecule has 0 bridgehead atoms. The molecule has 0 amide bonds. The number of hydrogen-bond acceptors (Lipinski definition) is 3. The van der Waals surface area contributed by atoms with E-state index in [0.29, 0.717) is 0 Å². The van der Waals surface area contributed by atoms with Crippen LogP contribution < -0.4 is 0 Å². The summed E-state index contributed by atoms with van der Waals surface area (Å²) in [7, 11) is 0. The summed E-state index contributed by atoms with van der Waals surface area (Å²) in [5.74, 6) is -3.31. The normalized spacial score (nSPS) is 8.36. The van der Waals surface area contributed by atoms with Crippen LogP contribution >= 0.6 is 0 Å². The molecule has 1 aromatic rings. The first-order chi connectivity index (χ1) is 6.52. The first kappa shape index (κ1) is 12.0. The molecule has 1 rings (SSSR count). The molecule has 0 aliphatic heterocycles. The SMILES string of the molecule is C=CC.O=C(O)c1ccc(C(=O)O)o1. The number of hydrogen-bond donors (Lipinski definition) is 2. The maximum atomic E-state index is 10.2. The van der Waals surface area contributed by atoms with Gasteiger partial charge in [-0.2, -0.15) is 0 Å². The third-order valence-electron chi connectivity index (χ3n) is 1.03. The molecular formula is C9H10O5. The van der Waals surface area contributed by atoms with E-state index in [9.17, 15) is 9.59 Å². The lowest BCUT2D eigenvalue weighted by Crippen LogP contribution is -1.94. The Kier molecular flexibility index (Phi) is 4.77. The van der Waals surface area contributed by atoms with E-state index in [4.69, 9.17) is 10.2 Å². The maximum Gasteiger partial charge on any atom is 0.371 e. The van der Waals surface area contributed by atoms with Crippen LogP contribution in [0.1, 0.15) is 28.0 Å². The minimum Gasteiger partial charge on any atom is -0.475 e. The Labute approximate surface area is 80.3 Å². The molecule has 0 fully saturated rings. The molecule has 76 valence electrons. The molecule has 1 heterocycles. The van der Waals surface area contributed by atoms with Gasteiger partial charge in [-0.1, -0.05) is 6.08 Å². The number of carboxylic acids is 2. The molecule has 14 heavy (non-hydrogen) atoms. The molecule has 0 aliphatic rings. The average Bonchev–Trinajstić information content (AvgIpc) is 2.53. The average molecular weight is 198 g/mol. The number of allylic oxidation sites excluding steroid dienone is 1. The smallest absolute Gasteiger partial charge is 0.371 e. The van der Waals surface area contributed by atoms with Crippen LogP contribution in [-0.4, -0.2) is 22.2 Å². The Morgan fingerprint density at radius 2 is 1.57 bits per heavy atom. The van der Waals surface area contributed by atoms with E-state index in [0.717, 1.165) is 12.1 Å².